The van der Waals surface area contributed by atoms with Gasteiger partial charge in [-0.05, 0) is 20.8 Å². The Kier molecular flexibility index (Phi) is 4.21. The van der Waals surface area contributed by atoms with Crippen molar-refractivity contribution in [1.82, 2.24) is 20.1 Å². The Morgan fingerprint density at radius 1 is 1.53 bits per heavy atom. The Labute approximate surface area is 120 Å². The van der Waals surface area contributed by atoms with Crippen molar-refractivity contribution < 1.29 is 4.79 Å². The molecular weight excluding hydrogens is 284 g/mol. The smallest absolute Gasteiger partial charge is 0.273 e. The van der Waals surface area contributed by atoms with E-state index in [4.69, 9.17) is 11.6 Å². The predicted octanol–water partition coefficient (Wildman–Crippen LogP) is 2.56. The molecule has 0 radical (unpaired) electrons. The maximum atomic E-state index is 12.0. The Morgan fingerprint density at radius 3 is 2.79 bits per heavy atom. The van der Waals surface area contributed by atoms with Gasteiger partial charge in [-0.1, -0.05) is 11.6 Å². The largest absolute Gasteiger partial charge is 0.346 e. The zero-order chi connectivity index (χ0) is 14.0. The van der Waals surface area contributed by atoms with Crippen molar-refractivity contribution in [2.75, 3.05) is 0 Å². The highest BCUT2D eigenvalue weighted by Gasteiger charge is 2.15. The highest BCUT2D eigenvalue weighted by Crippen LogP contribution is 2.18. The van der Waals surface area contributed by atoms with Crippen LogP contribution in [0.25, 0.3) is 0 Å². The van der Waals surface area contributed by atoms with Gasteiger partial charge in [-0.15, -0.1) is 11.3 Å². The number of carbonyl (C=O) groups is 1. The van der Waals surface area contributed by atoms with Crippen LogP contribution in [-0.4, -0.2) is 20.7 Å². The lowest BCUT2D eigenvalue weighted by atomic mass is 10.3. The number of nitrogens with one attached hydrogen (secondary N) is 1. The first-order valence-corrected chi connectivity index (χ1v) is 7.14. The summed E-state index contributed by atoms with van der Waals surface area (Å²) < 4.78 is 1.64. The number of halogens is 1. The topological polar surface area (TPSA) is 59.8 Å². The summed E-state index contributed by atoms with van der Waals surface area (Å²) in [5.74, 6) is -0.261. The minimum Gasteiger partial charge on any atom is -0.346 e. The highest BCUT2D eigenvalue weighted by atomic mass is 35.5. The third-order valence-electron chi connectivity index (χ3n) is 2.67. The summed E-state index contributed by atoms with van der Waals surface area (Å²) in [4.78, 5) is 17.4. The van der Waals surface area contributed by atoms with E-state index in [1.54, 1.807) is 22.2 Å². The van der Waals surface area contributed by atoms with Crippen LogP contribution in [-0.2, 0) is 13.1 Å². The first kappa shape index (κ1) is 14.0. The molecule has 0 saturated carbocycles. The van der Waals surface area contributed by atoms with Crippen LogP contribution >= 0.6 is 22.9 Å². The molecule has 0 spiro atoms. The Bertz CT molecular complexity index is 605. The molecule has 2 rings (SSSR count). The second kappa shape index (κ2) is 5.71. The van der Waals surface area contributed by atoms with Gasteiger partial charge in [0.15, 0.2) is 5.69 Å². The molecule has 0 saturated heterocycles. The molecule has 2 heterocycles. The average molecular weight is 299 g/mol. The van der Waals surface area contributed by atoms with Crippen LogP contribution in [0.1, 0.15) is 33.0 Å². The molecule has 102 valence electrons. The van der Waals surface area contributed by atoms with E-state index in [1.807, 2.05) is 20.8 Å². The molecule has 7 heteroatoms. The van der Waals surface area contributed by atoms with E-state index in [0.717, 1.165) is 15.6 Å². The van der Waals surface area contributed by atoms with Crippen molar-refractivity contribution in [2.24, 2.45) is 0 Å². The van der Waals surface area contributed by atoms with Crippen molar-refractivity contribution >= 4 is 28.8 Å². The van der Waals surface area contributed by atoms with E-state index in [2.05, 4.69) is 15.4 Å². The second-order valence-electron chi connectivity index (χ2n) is 4.11. The molecule has 5 nitrogen and oxygen atoms in total. The lowest BCUT2D eigenvalue weighted by molar-refractivity contribution is 0.0945. The predicted molar refractivity (Wildman–Crippen MR) is 75.7 cm³/mol. The molecule has 0 aliphatic heterocycles. The molecular formula is C12H15ClN4OS. The fourth-order valence-corrected chi connectivity index (χ4v) is 2.81. The van der Waals surface area contributed by atoms with Crippen LogP contribution in [0.3, 0.4) is 0 Å². The number of carbonyl (C=O) groups excluding carboxylic acids is 1. The van der Waals surface area contributed by atoms with Crippen molar-refractivity contribution in [3.05, 3.63) is 32.5 Å². The third kappa shape index (κ3) is 3.13. The quantitative estimate of drug-likeness (QED) is 0.943. The lowest BCUT2D eigenvalue weighted by Crippen LogP contribution is -2.23. The van der Waals surface area contributed by atoms with Crippen LogP contribution in [0.15, 0.2) is 6.20 Å². The molecule has 1 N–H and O–H groups in total. The summed E-state index contributed by atoms with van der Waals surface area (Å²) in [6, 6.07) is 0. The molecule has 0 atom stereocenters. The van der Waals surface area contributed by atoms with Gasteiger partial charge in [-0.3, -0.25) is 9.48 Å². The highest BCUT2D eigenvalue weighted by molar-refractivity contribution is 7.11. The molecule has 0 bridgehead atoms. The molecule has 0 aromatic carbocycles. The van der Waals surface area contributed by atoms with Crippen LogP contribution in [0.5, 0.6) is 0 Å². The molecule has 2 aromatic heterocycles. The maximum Gasteiger partial charge on any atom is 0.273 e. The van der Waals surface area contributed by atoms with Gasteiger partial charge in [0.1, 0.15) is 0 Å². The third-order valence-corrected chi connectivity index (χ3v) is 4.01. The average Bonchev–Trinajstić information content (AvgIpc) is 2.89. The van der Waals surface area contributed by atoms with Gasteiger partial charge in [-0.25, -0.2) is 4.98 Å². The first-order valence-electron chi connectivity index (χ1n) is 5.95. The first-order chi connectivity index (χ1) is 9.01. The van der Waals surface area contributed by atoms with E-state index < -0.39 is 0 Å². The minimum absolute atomic E-state index is 0.261. The van der Waals surface area contributed by atoms with Gasteiger partial charge in [0.2, 0.25) is 0 Å². The fraction of sp³-hybridized carbons (Fsp3) is 0.417. The van der Waals surface area contributed by atoms with Crippen molar-refractivity contribution in [2.45, 2.75) is 33.9 Å². The SMILES string of the molecule is CCn1cc(Cl)c(C(=O)NCc2sc(C)nc2C)n1. The molecule has 19 heavy (non-hydrogen) atoms. The van der Waals surface area contributed by atoms with Gasteiger partial charge in [-0.2, -0.15) is 5.10 Å². The van der Waals surface area contributed by atoms with E-state index >= 15 is 0 Å². The molecule has 1 amide bonds. The molecule has 0 aliphatic rings. The number of rotatable bonds is 4. The summed E-state index contributed by atoms with van der Waals surface area (Å²) >= 11 is 7.56. The lowest BCUT2D eigenvalue weighted by Gasteiger charge is -2.02. The van der Waals surface area contributed by atoms with Crippen LogP contribution in [0.2, 0.25) is 5.02 Å². The minimum atomic E-state index is -0.261. The van der Waals surface area contributed by atoms with E-state index in [9.17, 15) is 4.79 Å². The van der Waals surface area contributed by atoms with Gasteiger partial charge in [0, 0.05) is 17.6 Å². The summed E-state index contributed by atoms with van der Waals surface area (Å²) in [6.07, 6.45) is 1.65. The molecule has 0 aliphatic carbocycles. The van der Waals surface area contributed by atoms with Crippen LogP contribution < -0.4 is 5.32 Å². The Balaban J connectivity index is 2.05. The van der Waals surface area contributed by atoms with Gasteiger partial charge in [0.25, 0.3) is 5.91 Å². The summed E-state index contributed by atoms with van der Waals surface area (Å²) in [7, 11) is 0. The van der Waals surface area contributed by atoms with Gasteiger partial charge >= 0.3 is 0 Å². The summed E-state index contributed by atoms with van der Waals surface area (Å²) in [5, 5.41) is 8.31. The number of hydrogen-bond donors (Lipinski definition) is 1. The number of nitrogens with zero attached hydrogens (tertiary/aromatic N) is 3. The van der Waals surface area contributed by atoms with Crippen molar-refractivity contribution in [3.63, 3.8) is 0 Å². The second-order valence-corrected chi connectivity index (χ2v) is 5.80. The maximum absolute atomic E-state index is 12.0. The number of thiazole rings is 1. The van der Waals surface area contributed by atoms with Crippen molar-refractivity contribution in [3.8, 4) is 0 Å². The van der Waals surface area contributed by atoms with E-state index in [0.29, 0.717) is 18.1 Å². The monoisotopic (exact) mass is 298 g/mol. The number of aryl methyl sites for hydroxylation is 3. The van der Waals surface area contributed by atoms with Crippen LogP contribution in [0.4, 0.5) is 0 Å². The molecule has 2 aromatic rings. The van der Waals surface area contributed by atoms with Gasteiger partial charge in [0.05, 0.1) is 22.3 Å². The zero-order valence-corrected chi connectivity index (χ0v) is 12.6. The Hall–Kier alpha value is -1.40. The standard InChI is InChI=1S/C12H15ClN4OS/c1-4-17-6-9(13)11(16-17)12(18)14-5-10-7(2)15-8(3)19-10/h6H,4-5H2,1-3H3,(H,14,18). The molecule has 0 unspecified atom stereocenters. The Morgan fingerprint density at radius 2 is 2.26 bits per heavy atom. The van der Waals surface area contributed by atoms with Crippen molar-refractivity contribution in [1.29, 1.82) is 0 Å². The number of hydrogen-bond acceptors (Lipinski definition) is 4. The zero-order valence-electron chi connectivity index (χ0n) is 11.0. The van der Waals surface area contributed by atoms with Crippen LogP contribution in [0, 0.1) is 13.8 Å². The van der Waals surface area contributed by atoms with E-state index in [-0.39, 0.29) is 11.6 Å². The number of aromatic nitrogens is 3. The fourth-order valence-electron chi connectivity index (χ4n) is 1.69. The molecule has 0 fully saturated rings. The summed E-state index contributed by atoms with van der Waals surface area (Å²) in [5.41, 5.74) is 1.22. The summed E-state index contributed by atoms with van der Waals surface area (Å²) in [6.45, 7) is 6.95. The van der Waals surface area contributed by atoms with E-state index in [1.165, 1.54) is 0 Å². The normalized spacial score (nSPS) is 10.7. The van der Waals surface area contributed by atoms with Gasteiger partial charge < -0.3 is 5.32 Å². The number of amides is 1.